The summed E-state index contributed by atoms with van der Waals surface area (Å²) in [6, 6.07) is 1.22. The maximum atomic E-state index is 12.7. The van der Waals surface area contributed by atoms with Crippen LogP contribution >= 0.6 is 11.6 Å². The van der Waals surface area contributed by atoms with Gasteiger partial charge in [0.15, 0.2) is 0 Å². The molecule has 0 aliphatic carbocycles. The fourth-order valence-electron chi connectivity index (χ4n) is 1.47. The molecule has 1 aromatic carbocycles. The van der Waals surface area contributed by atoms with Crippen LogP contribution in [0.15, 0.2) is 6.07 Å². The van der Waals surface area contributed by atoms with Gasteiger partial charge in [0.25, 0.3) is 0 Å². The van der Waals surface area contributed by atoms with E-state index in [9.17, 15) is 13.2 Å². The molecule has 84 valence electrons. The number of halogens is 4. The smallest absolute Gasteiger partial charge is 0.115 e. The highest BCUT2D eigenvalue weighted by Crippen LogP contribution is 2.29. The molecular weight excluding hydrogens is 229 g/mol. The van der Waals surface area contributed by atoms with Crippen molar-refractivity contribution in [3.8, 4) is 0 Å². The van der Waals surface area contributed by atoms with Crippen LogP contribution in [0, 0.1) is 0 Å². The molecule has 0 aliphatic rings. The summed E-state index contributed by atoms with van der Waals surface area (Å²) in [6.07, 6.45) is 0. The van der Waals surface area contributed by atoms with E-state index in [1.165, 1.54) is 6.07 Å². The van der Waals surface area contributed by atoms with Crippen molar-refractivity contribution in [1.82, 2.24) is 0 Å². The number of aliphatic hydroxyl groups excluding tert-OH is 1. The van der Waals surface area contributed by atoms with Crippen LogP contribution < -0.4 is 0 Å². The molecule has 0 heterocycles. The van der Waals surface area contributed by atoms with Gasteiger partial charge in [0, 0.05) is 10.6 Å². The van der Waals surface area contributed by atoms with Crippen molar-refractivity contribution in [1.29, 1.82) is 0 Å². The van der Waals surface area contributed by atoms with Gasteiger partial charge in [-0.05, 0) is 22.8 Å². The molecule has 1 nitrogen and oxygen atoms in total. The van der Waals surface area contributed by atoms with Crippen molar-refractivity contribution in [2.75, 3.05) is 0 Å². The third-order valence-corrected chi connectivity index (χ3v) is 2.61. The number of alkyl halides is 3. The molecule has 0 saturated heterocycles. The van der Waals surface area contributed by atoms with Crippen LogP contribution in [0.1, 0.15) is 22.3 Å². The van der Waals surface area contributed by atoms with Gasteiger partial charge < -0.3 is 5.11 Å². The zero-order chi connectivity index (χ0) is 11.4. The van der Waals surface area contributed by atoms with Gasteiger partial charge in [-0.1, -0.05) is 11.6 Å². The predicted molar refractivity (Wildman–Crippen MR) is 51.8 cm³/mol. The molecule has 0 aromatic heterocycles. The van der Waals surface area contributed by atoms with Crippen molar-refractivity contribution in [3.63, 3.8) is 0 Å². The van der Waals surface area contributed by atoms with Gasteiger partial charge in [0.05, 0.1) is 6.61 Å². The summed E-state index contributed by atoms with van der Waals surface area (Å²) in [6.45, 7) is -3.33. The number of hydrogen-bond acceptors (Lipinski definition) is 1. The molecule has 1 aromatic rings. The Balaban J connectivity index is 3.44. The Kier molecular flexibility index (Phi) is 4.42. The Hall–Kier alpha value is -0.740. The average molecular weight is 239 g/mol. The largest absolute Gasteiger partial charge is 0.392 e. The third-order valence-electron chi connectivity index (χ3n) is 2.27. The topological polar surface area (TPSA) is 20.2 Å². The van der Waals surface area contributed by atoms with Gasteiger partial charge in [-0.3, -0.25) is 0 Å². The highest BCUT2D eigenvalue weighted by Gasteiger charge is 2.16. The van der Waals surface area contributed by atoms with Crippen LogP contribution in [0.4, 0.5) is 13.2 Å². The molecule has 15 heavy (non-hydrogen) atoms. The second-order valence-electron chi connectivity index (χ2n) is 3.01. The third kappa shape index (κ3) is 2.26. The van der Waals surface area contributed by atoms with Crippen LogP contribution in [0.25, 0.3) is 0 Å². The molecule has 0 amide bonds. The lowest BCUT2D eigenvalue weighted by Crippen LogP contribution is -2.03. The van der Waals surface area contributed by atoms with Crippen LogP contribution in [0.2, 0.25) is 5.02 Å². The first-order chi connectivity index (χ1) is 7.19. The molecule has 0 aliphatic heterocycles. The molecule has 0 bridgehead atoms. The van der Waals surface area contributed by atoms with Crippen molar-refractivity contribution >= 4 is 11.6 Å². The first-order valence-corrected chi connectivity index (χ1v) is 4.68. The Labute approximate surface area is 90.5 Å². The van der Waals surface area contributed by atoms with Crippen LogP contribution in [-0.4, -0.2) is 5.11 Å². The van der Waals surface area contributed by atoms with Crippen LogP contribution in [0.5, 0.6) is 0 Å². The molecule has 0 unspecified atom stereocenters. The van der Waals surface area contributed by atoms with Gasteiger partial charge in [-0.25, -0.2) is 13.2 Å². The van der Waals surface area contributed by atoms with Crippen molar-refractivity contribution in [2.24, 2.45) is 0 Å². The predicted octanol–water partition coefficient (Wildman–Crippen LogP) is 3.24. The quantitative estimate of drug-likeness (QED) is 0.854. The van der Waals surface area contributed by atoms with Crippen molar-refractivity contribution < 1.29 is 18.3 Å². The van der Waals surface area contributed by atoms with Crippen molar-refractivity contribution in [2.45, 2.75) is 26.6 Å². The molecule has 0 fully saturated rings. The van der Waals surface area contributed by atoms with Gasteiger partial charge in [-0.2, -0.15) is 0 Å². The van der Waals surface area contributed by atoms with Crippen LogP contribution in [0.3, 0.4) is 0 Å². The van der Waals surface area contributed by atoms with Gasteiger partial charge in [0.2, 0.25) is 0 Å². The molecule has 0 atom stereocenters. The summed E-state index contributed by atoms with van der Waals surface area (Å²) in [7, 11) is 0. The Morgan fingerprint density at radius 1 is 1.00 bits per heavy atom. The lowest BCUT2D eigenvalue weighted by molar-refractivity contribution is 0.278. The number of hydrogen-bond donors (Lipinski definition) is 1. The zero-order valence-corrected chi connectivity index (χ0v) is 8.62. The highest BCUT2D eigenvalue weighted by atomic mass is 35.5. The van der Waals surface area contributed by atoms with Gasteiger partial charge in [-0.15, -0.1) is 0 Å². The lowest BCUT2D eigenvalue weighted by Gasteiger charge is -2.13. The molecular formula is C10H10ClF3O. The maximum absolute atomic E-state index is 12.7. The molecule has 0 spiro atoms. The van der Waals surface area contributed by atoms with E-state index in [4.69, 9.17) is 16.7 Å². The molecule has 5 heteroatoms. The minimum Gasteiger partial charge on any atom is -0.392 e. The summed E-state index contributed by atoms with van der Waals surface area (Å²) in [5.41, 5.74) is 0.0740. The number of benzene rings is 1. The minimum absolute atomic E-state index is 0.0346. The monoisotopic (exact) mass is 238 g/mol. The van der Waals surface area contributed by atoms with E-state index in [2.05, 4.69) is 0 Å². The summed E-state index contributed by atoms with van der Waals surface area (Å²) in [4.78, 5) is 0. The van der Waals surface area contributed by atoms with Crippen molar-refractivity contribution in [3.05, 3.63) is 33.3 Å². The minimum atomic E-state index is -0.970. The second kappa shape index (κ2) is 5.37. The number of aliphatic hydroxyl groups is 1. The lowest BCUT2D eigenvalue weighted by atomic mass is 9.98. The molecule has 0 radical (unpaired) electrons. The standard InChI is InChI=1S/C10H10ClF3O/c11-10-1-6(2-12)7(3-13)8(4-14)9(10)5-15/h1,15H,2-5H2. The summed E-state index contributed by atoms with van der Waals surface area (Å²) >= 11 is 5.71. The average Bonchev–Trinajstić information content (AvgIpc) is 2.27. The van der Waals surface area contributed by atoms with Gasteiger partial charge in [0.1, 0.15) is 20.0 Å². The summed E-state index contributed by atoms with van der Waals surface area (Å²) in [5.74, 6) is 0. The molecule has 0 saturated carbocycles. The molecule has 1 rings (SSSR count). The normalized spacial score (nSPS) is 10.7. The highest BCUT2D eigenvalue weighted by molar-refractivity contribution is 6.31. The number of rotatable bonds is 4. The zero-order valence-electron chi connectivity index (χ0n) is 7.86. The first-order valence-electron chi connectivity index (χ1n) is 4.30. The maximum Gasteiger partial charge on any atom is 0.115 e. The van der Waals surface area contributed by atoms with E-state index in [0.29, 0.717) is 0 Å². The van der Waals surface area contributed by atoms with E-state index in [1.807, 2.05) is 0 Å². The fraction of sp³-hybridized carbons (Fsp3) is 0.400. The van der Waals surface area contributed by atoms with E-state index in [0.717, 1.165) is 0 Å². The summed E-state index contributed by atoms with van der Waals surface area (Å²) in [5, 5.41) is 9.01. The summed E-state index contributed by atoms with van der Waals surface area (Å²) < 4.78 is 37.8. The fourth-order valence-corrected chi connectivity index (χ4v) is 1.77. The Morgan fingerprint density at radius 3 is 2.00 bits per heavy atom. The van der Waals surface area contributed by atoms with E-state index in [1.54, 1.807) is 0 Å². The SMILES string of the molecule is OCc1c(Cl)cc(CF)c(CF)c1CF. The Morgan fingerprint density at radius 2 is 1.60 bits per heavy atom. The molecule has 1 N–H and O–H groups in total. The van der Waals surface area contributed by atoms with Gasteiger partial charge >= 0.3 is 0 Å². The van der Waals surface area contributed by atoms with E-state index >= 15 is 0 Å². The van der Waals surface area contributed by atoms with Crippen LogP contribution in [-0.2, 0) is 26.6 Å². The first kappa shape index (κ1) is 12.3. The Bertz CT molecular complexity index is 355. The van der Waals surface area contributed by atoms with E-state index in [-0.39, 0.29) is 27.3 Å². The van der Waals surface area contributed by atoms with E-state index < -0.39 is 26.6 Å². The second-order valence-corrected chi connectivity index (χ2v) is 3.42.